The molecule has 0 aliphatic heterocycles. The molecule has 1 aromatic rings. The van der Waals surface area contributed by atoms with Crippen molar-refractivity contribution in [3.63, 3.8) is 0 Å². The molecule has 0 heterocycles. The van der Waals surface area contributed by atoms with Gasteiger partial charge in [0, 0.05) is 17.1 Å². The lowest BCUT2D eigenvalue weighted by atomic mass is 9.84. The molecule has 0 amide bonds. The quantitative estimate of drug-likeness (QED) is 0.697. The first-order valence-corrected chi connectivity index (χ1v) is 8.15. The molecule has 1 unspecified atom stereocenters. The van der Waals surface area contributed by atoms with Crippen LogP contribution in [0.1, 0.15) is 57.6 Å². The smallest absolute Gasteiger partial charge is 0.142 e. The van der Waals surface area contributed by atoms with E-state index in [-0.39, 0.29) is 11.1 Å². The van der Waals surface area contributed by atoms with Crippen molar-refractivity contribution in [3.05, 3.63) is 33.6 Å². The van der Waals surface area contributed by atoms with E-state index in [9.17, 15) is 4.39 Å². The average molecular weight is 318 g/mol. The number of hydrogen-bond acceptors (Lipinski definition) is 1. The molecule has 1 saturated carbocycles. The minimum Gasteiger partial charge on any atom is -0.307 e. The van der Waals surface area contributed by atoms with Gasteiger partial charge in [-0.15, -0.1) is 0 Å². The first-order valence-electron chi connectivity index (χ1n) is 7.39. The molecule has 1 aromatic carbocycles. The van der Waals surface area contributed by atoms with Gasteiger partial charge in [-0.1, -0.05) is 42.5 Å². The van der Waals surface area contributed by atoms with E-state index in [1.54, 1.807) is 0 Å². The van der Waals surface area contributed by atoms with Crippen LogP contribution in [0.25, 0.3) is 0 Å². The Labute approximate surface area is 130 Å². The predicted molar refractivity (Wildman–Crippen MR) is 84.0 cm³/mol. The maximum atomic E-state index is 13.6. The fourth-order valence-electron chi connectivity index (χ4n) is 3.12. The van der Waals surface area contributed by atoms with Crippen LogP contribution in [-0.4, -0.2) is 6.04 Å². The minimum absolute atomic E-state index is 0.0196. The summed E-state index contributed by atoms with van der Waals surface area (Å²) >= 11 is 11.9. The van der Waals surface area contributed by atoms with Crippen LogP contribution in [0.2, 0.25) is 10.0 Å². The molecule has 0 saturated heterocycles. The van der Waals surface area contributed by atoms with E-state index < -0.39 is 5.82 Å². The second-order valence-corrected chi connectivity index (χ2v) is 6.68. The van der Waals surface area contributed by atoms with Crippen molar-refractivity contribution in [1.29, 1.82) is 0 Å². The monoisotopic (exact) mass is 317 g/mol. The van der Waals surface area contributed by atoms with Crippen LogP contribution < -0.4 is 5.32 Å². The molecule has 0 radical (unpaired) electrons. The number of benzene rings is 1. The molecular weight excluding hydrogens is 296 g/mol. The topological polar surface area (TPSA) is 12.0 Å². The molecule has 2 rings (SSSR count). The van der Waals surface area contributed by atoms with Gasteiger partial charge in [-0.05, 0) is 50.3 Å². The lowest BCUT2D eigenvalue weighted by Gasteiger charge is -2.31. The summed E-state index contributed by atoms with van der Waals surface area (Å²) in [5.74, 6) is 0.298. The summed E-state index contributed by atoms with van der Waals surface area (Å²) < 4.78 is 13.6. The zero-order valence-electron chi connectivity index (χ0n) is 12.1. The summed E-state index contributed by atoms with van der Waals surface area (Å²) in [5.41, 5.74) is 0.774. The van der Waals surface area contributed by atoms with Gasteiger partial charge in [0.1, 0.15) is 5.82 Å². The van der Waals surface area contributed by atoms with Gasteiger partial charge in [0.15, 0.2) is 0 Å². The largest absolute Gasteiger partial charge is 0.307 e. The summed E-state index contributed by atoms with van der Waals surface area (Å²) in [6, 6.07) is 3.36. The molecule has 1 fully saturated rings. The highest BCUT2D eigenvalue weighted by molar-refractivity contribution is 6.35. The van der Waals surface area contributed by atoms with Crippen LogP contribution in [0.4, 0.5) is 4.39 Å². The highest BCUT2D eigenvalue weighted by Crippen LogP contribution is 2.31. The van der Waals surface area contributed by atoms with Gasteiger partial charge >= 0.3 is 0 Å². The van der Waals surface area contributed by atoms with Gasteiger partial charge in [-0.2, -0.15) is 0 Å². The zero-order valence-corrected chi connectivity index (χ0v) is 13.6. The number of hydrogen-bond donors (Lipinski definition) is 1. The molecule has 0 spiro atoms. The Kier molecular flexibility index (Phi) is 5.71. The molecule has 20 heavy (non-hydrogen) atoms. The Morgan fingerprint density at radius 2 is 1.75 bits per heavy atom. The highest BCUT2D eigenvalue weighted by Gasteiger charge is 2.22. The SMILES string of the molecule is CC(N[C@H](C)C1CCCCC1)c1cc(F)c(Cl)cc1Cl. The normalized spacial score (nSPS) is 19.9. The Bertz CT molecular complexity index is 458. The Morgan fingerprint density at radius 3 is 2.40 bits per heavy atom. The lowest BCUT2D eigenvalue weighted by Crippen LogP contribution is -2.36. The van der Waals surface area contributed by atoms with Gasteiger partial charge in [-0.25, -0.2) is 4.39 Å². The van der Waals surface area contributed by atoms with Gasteiger partial charge in [0.05, 0.1) is 5.02 Å². The minimum atomic E-state index is -0.412. The van der Waals surface area contributed by atoms with E-state index in [0.29, 0.717) is 17.0 Å². The van der Waals surface area contributed by atoms with Gasteiger partial charge in [0.25, 0.3) is 0 Å². The second kappa shape index (κ2) is 7.11. The fraction of sp³-hybridized carbons (Fsp3) is 0.625. The highest BCUT2D eigenvalue weighted by atomic mass is 35.5. The molecular formula is C16H22Cl2FN. The van der Waals surface area contributed by atoms with Crippen LogP contribution >= 0.6 is 23.2 Å². The molecule has 1 N–H and O–H groups in total. The maximum Gasteiger partial charge on any atom is 0.142 e. The first-order chi connectivity index (χ1) is 9.49. The molecule has 0 bridgehead atoms. The average Bonchev–Trinajstić information content (AvgIpc) is 2.43. The van der Waals surface area contributed by atoms with Crippen molar-refractivity contribution in [1.82, 2.24) is 5.32 Å². The number of rotatable bonds is 4. The molecule has 4 heteroatoms. The standard InChI is InChI=1S/C16H22Cl2FN/c1-10(12-6-4-3-5-7-12)20-11(2)13-8-16(19)15(18)9-14(13)17/h8-12,20H,3-7H2,1-2H3/t10-,11?/m1/s1. The van der Waals surface area contributed by atoms with E-state index in [4.69, 9.17) is 23.2 Å². The van der Waals surface area contributed by atoms with Crippen LogP contribution in [0, 0.1) is 11.7 Å². The van der Waals surface area contributed by atoms with Crippen LogP contribution in [0.5, 0.6) is 0 Å². The van der Waals surface area contributed by atoms with Crippen molar-refractivity contribution in [2.45, 2.75) is 58.0 Å². The summed E-state index contributed by atoms with van der Waals surface area (Å²) in [6.45, 7) is 4.24. The van der Waals surface area contributed by atoms with Crippen molar-refractivity contribution in [2.75, 3.05) is 0 Å². The van der Waals surface area contributed by atoms with Crippen molar-refractivity contribution >= 4 is 23.2 Å². The second-order valence-electron chi connectivity index (χ2n) is 5.86. The van der Waals surface area contributed by atoms with Crippen molar-refractivity contribution in [3.8, 4) is 0 Å². The Balaban J connectivity index is 2.03. The molecule has 1 nitrogen and oxygen atoms in total. The molecule has 1 aliphatic rings. The predicted octanol–water partition coefficient (Wildman–Crippen LogP) is 5.75. The van der Waals surface area contributed by atoms with Gasteiger partial charge < -0.3 is 5.32 Å². The van der Waals surface area contributed by atoms with E-state index in [1.165, 1.54) is 44.2 Å². The van der Waals surface area contributed by atoms with Crippen LogP contribution in [0.3, 0.4) is 0 Å². The van der Waals surface area contributed by atoms with Crippen molar-refractivity contribution < 1.29 is 4.39 Å². The first kappa shape index (κ1) is 16.1. The summed E-state index contributed by atoms with van der Waals surface area (Å²) in [4.78, 5) is 0. The lowest BCUT2D eigenvalue weighted by molar-refractivity contribution is 0.268. The Hall–Kier alpha value is -0.310. The molecule has 112 valence electrons. The molecule has 0 aromatic heterocycles. The van der Waals surface area contributed by atoms with E-state index in [2.05, 4.69) is 12.2 Å². The van der Waals surface area contributed by atoms with E-state index in [0.717, 1.165) is 5.56 Å². The van der Waals surface area contributed by atoms with Crippen LogP contribution in [0.15, 0.2) is 12.1 Å². The summed E-state index contributed by atoms with van der Waals surface area (Å²) in [7, 11) is 0. The number of nitrogens with one attached hydrogen (secondary N) is 1. The van der Waals surface area contributed by atoms with Crippen LogP contribution in [-0.2, 0) is 0 Å². The summed E-state index contributed by atoms with van der Waals surface area (Å²) in [6.07, 6.45) is 6.56. The van der Waals surface area contributed by atoms with Gasteiger partial charge in [-0.3, -0.25) is 0 Å². The third-order valence-electron chi connectivity index (χ3n) is 4.38. The van der Waals surface area contributed by atoms with Crippen molar-refractivity contribution in [2.24, 2.45) is 5.92 Å². The Morgan fingerprint density at radius 1 is 1.10 bits per heavy atom. The molecule has 1 aliphatic carbocycles. The molecule has 2 atom stereocenters. The third kappa shape index (κ3) is 3.87. The van der Waals surface area contributed by atoms with Gasteiger partial charge in [0.2, 0.25) is 0 Å². The van der Waals surface area contributed by atoms with E-state index >= 15 is 0 Å². The maximum absolute atomic E-state index is 13.6. The van der Waals surface area contributed by atoms with E-state index in [1.807, 2.05) is 6.92 Å². The zero-order chi connectivity index (χ0) is 14.7. The number of halogens is 3. The third-order valence-corrected chi connectivity index (χ3v) is 4.99. The summed E-state index contributed by atoms with van der Waals surface area (Å²) in [5, 5.41) is 4.16. The fourth-order valence-corrected chi connectivity index (χ4v) is 3.67.